The fraction of sp³-hybridized carbons (Fsp3) is 0.533. The molecule has 4 heteroatoms. The lowest BCUT2D eigenvalue weighted by Gasteiger charge is -2.27. The molecular weight excluding hydrogens is 242 g/mol. The molecule has 4 nitrogen and oxygen atoms in total. The lowest BCUT2D eigenvalue weighted by molar-refractivity contribution is -0.143. The first kappa shape index (κ1) is 13.9. The van der Waals surface area contributed by atoms with Gasteiger partial charge in [0, 0.05) is 18.2 Å². The molecule has 2 N–H and O–H groups in total. The minimum Gasteiger partial charge on any atom is -0.496 e. The van der Waals surface area contributed by atoms with E-state index in [1.165, 1.54) is 0 Å². The van der Waals surface area contributed by atoms with Gasteiger partial charge >= 0.3 is 5.97 Å². The molecule has 2 unspecified atom stereocenters. The first-order valence-corrected chi connectivity index (χ1v) is 6.78. The molecule has 19 heavy (non-hydrogen) atoms. The quantitative estimate of drug-likeness (QED) is 0.856. The highest BCUT2D eigenvalue weighted by Gasteiger charge is 2.26. The van der Waals surface area contributed by atoms with Crippen molar-refractivity contribution >= 4 is 5.97 Å². The number of para-hydroxylation sites is 1. The third-order valence-corrected chi connectivity index (χ3v) is 3.80. The molecule has 1 fully saturated rings. The van der Waals surface area contributed by atoms with Crippen LogP contribution in [-0.2, 0) is 11.3 Å². The number of carboxylic acids is 1. The van der Waals surface area contributed by atoms with Crippen LogP contribution < -0.4 is 10.1 Å². The van der Waals surface area contributed by atoms with Crippen LogP contribution in [0.4, 0.5) is 0 Å². The molecule has 1 aromatic rings. The van der Waals surface area contributed by atoms with Crippen LogP contribution in [-0.4, -0.2) is 24.2 Å². The molecular formula is C15H21NO3. The van der Waals surface area contributed by atoms with Gasteiger partial charge in [-0.2, -0.15) is 0 Å². The summed E-state index contributed by atoms with van der Waals surface area (Å²) in [4.78, 5) is 11.0. The molecule has 0 amide bonds. The van der Waals surface area contributed by atoms with Crippen molar-refractivity contribution in [3.05, 3.63) is 29.8 Å². The molecule has 0 bridgehead atoms. The highest BCUT2D eigenvalue weighted by molar-refractivity contribution is 5.70. The number of ether oxygens (including phenoxy) is 1. The van der Waals surface area contributed by atoms with E-state index >= 15 is 0 Å². The monoisotopic (exact) mass is 263 g/mol. The molecule has 0 aliphatic heterocycles. The van der Waals surface area contributed by atoms with Gasteiger partial charge in [0.2, 0.25) is 0 Å². The van der Waals surface area contributed by atoms with Crippen LogP contribution in [0, 0.1) is 5.92 Å². The lowest BCUT2D eigenvalue weighted by atomic mass is 9.86. The zero-order chi connectivity index (χ0) is 13.7. The average molecular weight is 263 g/mol. The van der Waals surface area contributed by atoms with Crippen LogP contribution in [0.25, 0.3) is 0 Å². The predicted molar refractivity (Wildman–Crippen MR) is 73.2 cm³/mol. The molecule has 0 heterocycles. The van der Waals surface area contributed by atoms with Crippen LogP contribution in [0.15, 0.2) is 24.3 Å². The van der Waals surface area contributed by atoms with Crippen molar-refractivity contribution in [2.24, 2.45) is 5.92 Å². The predicted octanol–water partition coefficient (Wildman–Crippen LogP) is 2.43. The van der Waals surface area contributed by atoms with E-state index in [4.69, 9.17) is 9.84 Å². The maximum Gasteiger partial charge on any atom is 0.306 e. The Labute approximate surface area is 113 Å². The number of carboxylic acid groups (broad SMARTS) is 1. The van der Waals surface area contributed by atoms with Crippen molar-refractivity contribution in [3.63, 3.8) is 0 Å². The normalized spacial score (nSPS) is 23.0. The number of carbonyl (C=O) groups is 1. The van der Waals surface area contributed by atoms with Crippen molar-refractivity contribution in [2.45, 2.75) is 38.3 Å². The van der Waals surface area contributed by atoms with Gasteiger partial charge in [0.25, 0.3) is 0 Å². The Morgan fingerprint density at radius 3 is 2.95 bits per heavy atom. The summed E-state index contributed by atoms with van der Waals surface area (Å²) in [6.45, 7) is 0.723. The number of methoxy groups -OCH3 is 1. The molecule has 1 aromatic carbocycles. The molecule has 104 valence electrons. The second kappa shape index (κ2) is 6.57. The number of benzene rings is 1. The molecule has 1 saturated carbocycles. The number of hydrogen-bond donors (Lipinski definition) is 2. The zero-order valence-electron chi connectivity index (χ0n) is 11.3. The summed E-state index contributed by atoms with van der Waals surface area (Å²) in [5.74, 6) is 0.0216. The van der Waals surface area contributed by atoms with Crippen LogP contribution in [0.1, 0.15) is 31.2 Å². The minimum absolute atomic E-state index is 0.191. The van der Waals surface area contributed by atoms with E-state index in [-0.39, 0.29) is 5.92 Å². The standard InChI is InChI=1S/C15H21NO3/c1-19-14-8-3-2-5-12(14)10-16-13-7-4-6-11(9-13)15(17)18/h2-3,5,8,11,13,16H,4,6-7,9-10H2,1H3,(H,17,18). The van der Waals surface area contributed by atoms with Gasteiger partial charge in [0.05, 0.1) is 13.0 Å². The second-order valence-electron chi connectivity index (χ2n) is 5.09. The summed E-state index contributed by atoms with van der Waals surface area (Å²) in [5, 5.41) is 12.5. The van der Waals surface area contributed by atoms with Gasteiger partial charge in [-0.05, 0) is 25.3 Å². The fourth-order valence-electron chi connectivity index (χ4n) is 2.70. The van der Waals surface area contributed by atoms with E-state index in [2.05, 4.69) is 5.32 Å². The Morgan fingerprint density at radius 1 is 1.42 bits per heavy atom. The molecule has 0 saturated heterocycles. The molecule has 1 aliphatic carbocycles. The first-order valence-electron chi connectivity index (χ1n) is 6.78. The van der Waals surface area contributed by atoms with E-state index in [0.717, 1.165) is 43.5 Å². The number of rotatable bonds is 5. The van der Waals surface area contributed by atoms with E-state index in [1.54, 1.807) is 7.11 Å². The topological polar surface area (TPSA) is 58.6 Å². The Bertz CT molecular complexity index is 433. The highest BCUT2D eigenvalue weighted by Crippen LogP contribution is 2.25. The SMILES string of the molecule is COc1ccccc1CNC1CCCC(C(=O)O)C1. The van der Waals surface area contributed by atoms with E-state index < -0.39 is 5.97 Å². The van der Waals surface area contributed by atoms with E-state index in [1.807, 2.05) is 24.3 Å². The molecule has 2 rings (SSSR count). The van der Waals surface area contributed by atoms with E-state index in [9.17, 15) is 4.79 Å². The van der Waals surface area contributed by atoms with Gasteiger partial charge in [-0.15, -0.1) is 0 Å². The van der Waals surface area contributed by atoms with Gasteiger partial charge in [-0.3, -0.25) is 4.79 Å². The largest absolute Gasteiger partial charge is 0.496 e. The summed E-state index contributed by atoms with van der Waals surface area (Å²) in [6.07, 6.45) is 3.58. The fourth-order valence-corrected chi connectivity index (χ4v) is 2.70. The van der Waals surface area contributed by atoms with Crippen LogP contribution in [0.3, 0.4) is 0 Å². The van der Waals surface area contributed by atoms with Crippen molar-refractivity contribution in [1.82, 2.24) is 5.32 Å². The van der Waals surface area contributed by atoms with Crippen molar-refractivity contribution in [1.29, 1.82) is 0 Å². The summed E-state index contributed by atoms with van der Waals surface area (Å²) < 4.78 is 5.31. The van der Waals surface area contributed by atoms with Crippen LogP contribution in [0.2, 0.25) is 0 Å². The molecule has 0 aromatic heterocycles. The Hall–Kier alpha value is -1.55. The number of hydrogen-bond acceptors (Lipinski definition) is 3. The van der Waals surface area contributed by atoms with Crippen molar-refractivity contribution in [3.8, 4) is 5.75 Å². The third kappa shape index (κ3) is 3.70. The molecule has 2 atom stereocenters. The van der Waals surface area contributed by atoms with Gasteiger partial charge in [0.1, 0.15) is 5.75 Å². The Kier molecular flexibility index (Phi) is 4.80. The van der Waals surface area contributed by atoms with Gasteiger partial charge in [-0.25, -0.2) is 0 Å². The lowest BCUT2D eigenvalue weighted by Crippen LogP contribution is -2.36. The first-order chi connectivity index (χ1) is 9.20. The number of aliphatic carboxylic acids is 1. The second-order valence-corrected chi connectivity index (χ2v) is 5.09. The van der Waals surface area contributed by atoms with Crippen molar-refractivity contribution < 1.29 is 14.6 Å². The highest BCUT2D eigenvalue weighted by atomic mass is 16.5. The van der Waals surface area contributed by atoms with Crippen LogP contribution >= 0.6 is 0 Å². The maximum atomic E-state index is 11.0. The maximum absolute atomic E-state index is 11.0. The van der Waals surface area contributed by atoms with Crippen LogP contribution in [0.5, 0.6) is 5.75 Å². The summed E-state index contributed by atoms with van der Waals surface area (Å²) >= 11 is 0. The van der Waals surface area contributed by atoms with Crippen molar-refractivity contribution in [2.75, 3.05) is 7.11 Å². The number of nitrogens with one attached hydrogen (secondary N) is 1. The summed E-state index contributed by atoms with van der Waals surface area (Å²) in [6, 6.07) is 8.20. The minimum atomic E-state index is -0.663. The third-order valence-electron chi connectivity index (χ3n) is 3.80. The van der Waals surface area contributed by atoms with E-state index in [0.29, 0.717) is 6.04 Å². The van der Waals surface area contributed by atoms with Gasteiger partial charge < -0.3 is 15.2 Å². The molecule has 0 spiro atoms. The smallest absolute Gasteiger partial charge is 0.306 e. The molecule has 1 aliphatic rings. The molecule has 0 radical (unpaired) electrons. The Balaban J connectivity index is 1.89. The summed E-state index contributed by atoms with van der Waals surface area (Å²) in [7, 11) is 1.67. The van der Waals surface area contributed by atoms with Gasteiger partial charge in [-0.1, -0.05) is 24.6 Å². The van der Waals surface area contributed by atoms with Gasteiger partial charge in [0.15, 0.2) is 0 Å². The average Bonchev–Trinajstić information content (AvgIpc) is 2.45. The summed E-state index contributed by atoms with van der Waals surface area (Å²) in [5.41, 5.74) is 1.11. The zero-order valence-corrected chi connectivity index (χ0v) is 11.3. The Morgan fingerprint density at radius 2 is 2.21 bits per heavy atom.